The molecule has 3 aromatic rings. The average Bonchev–Trinajstić information content (AvgIpc) is 3.10. The molecule has 0 aliphatic carbocycles. The van der Waals surface area contributed by atoms with E-state index in [1.165, 1.54) is 6.07 Å². The predicted molar refractivity (Wildman–Crippen MR) is 107 cm³/mol. The van der Waals surface area contributed by atoms with Crippen molar-refractivity contribution < 1.29 is 13.9 Å². The van der Waals surface area contributed by atoms with Crippen molar-refractivity contribution in [1.82, 2.24) is 20.1 Å². The zero-order valence-corrected chi connectivity index (χ0v) is 16.4. The van der Waals surface area contributed by atoms with E-state index < -0.39 is 11.7 Å². The maximum absolute atomic E-state index is 13.7. The van der Waals surface area contributed by atoms with Gasteiger partial charge in [-0.15, -0.1) is 0 Å². The number of carbonyl (C=O) groups excluding carboxylic acids is 1. The lowest BCUT2D eigenvalue weighted by atomic mass is 10.0. The highest BCUT2D eigenvalue weighted by atomic mass is 19.1. The molecule has 1 atom stereocenters. The van der Waals surface area contributed by atoms with Crippen LogP contribution in [0.4, 0.5) is 4.39 Å². The van der Waals surface area contributed by atoms with E-state index in [-0.39, 0.29) is 17.2 Å². The standard InChI is InChI=1S/C22H20FN5O2/c1-30-21-11-15(5-6-25-21)19-12-20-18(4-2-3-7-28(20)27-19)26-22(29)16-8-14(13-24)9-17(23)10-16/h5-6,8-12,18H,2-4,7H2,1H3,(H,26,29)/t18-/m0/s1. The Hall–Kier alpha value is -3.73. The Morgan fingerprint density at radius 1 is 1.30 bits per heavy atom. The van der Waals surface area contributed by atoms with Gasteiger partial charge in [0.2, 0.25) is 5.88 Å². The van der Waals surface area contributed by atoms with E-state index in [2.05, 4.69) is 10.3 Å². The number of nitrogens with one attached hydrogen (secondary N) is 1. The topological polar surface area (TPSA) is 92.8 Å². The fourth-order valence-electron chi connectivity index (χ4n) is 3.64. The molecule has 0 radical (unpaired) electrons. The van der Waals surface area contributed by atoms with Crippen molar-refractivity contribution in [2.75, 3.05) is 7.11 Å². The van der Waals surface area contributed by atoms with Crippen LogP contribution in [-0.4, -0.2) is 27.8 Å². The maximum atomic E-state index is 13.7. The SMILES string of the molecule is COc1cc(-c2cc3n(n2)CCCC[C@@H]3NC(=O)c2cc(F)cc(C#N)c2)ccn1. The molecule has 0 spiro atoms. The summed E-state index contributed by atoms with van der Waals surface area (Å²) >= 11 is 0. The molecule has 30 heavy (non-hydrogen) atoms. The summed E-state index contributed by atoms with van der Waals surface area (Å²) < 4.78 is 20.9. The van der Waals surface area contributed by atoms with Crippen molar-refractivity contribution in [3.8, 4) is 23.2 Å². The van der Waals surface area contributed by atoms with Crippen LogP contribution in [0.15, 0.2) is 42.6 Å². The number of hydrogen-bond acceptors (Lipinski definition) is 5. The number of fused-ring (bicyclic) bond motifs is 1. The molecule has 0 bridgehead atoms. The van der Waals surface area contributed by atoms with Crippen molar-refractivity contribution in [3.63, 3.8) is 0 Å². The Kier molecular flexibility index (Phi) is 5.44. The Balaban J connectivity index is 1.63. The molecule has 1 aliphatic heterocycles. The molecule has 152 valence electrons. The lowest BCUT2D eigenvalue weighted by molar-refractivity contribution is 0.0933. The molecular formula is C22H20FN5O2. The molecule has 2 aromatic heterocycles. The van der Waals surface area contributed by atoms with E-state index in [9.17, 15) is 9.18 Å². The second-order valence-electron chi connectivity index (χ2n) is 7.13. The third kappa shape index (κ3) is 4.01. The molecule has 3 heterocycles. The van der Waals surface area contributed by atoms with Crippen molar-refractivity contribution >= 4 is 5.91 Å². The van der Waals surface area contributed by atoms with Crippen molar-refractivity contribution in [2.24, 2.45) is 0 Å². The van der Waals surface area contributed by atoms with Gasteiger partial charge in [-0.3, -0.25) is 9.48 Å². The summed E-state index contributed by atoms with van der Waals surface area (Å²) in [5, 5.41) is 16.7. The van der Waals surface area contributed by atoms with Gasteiger partial charge in [0.05, 0.1) is 36.2 Å². The van der Waals surface area contributed by atoms with Crippen LogP contribution >= 0.6 is 0 Å². The number of rotatable bonds is 4. The van der Waals surface area contributed by atoms with Crippen molar-refractivity contribution in [2.45, 2.75) is 31.8 Å². The number of amides is 1. The quantitative estimate of drug-likeness (QED) is 0.716. The van der Waals surface area contributed by atoms with E-state index in [1.54, 1.807) is 13.3 Å². The van der Waals surface area contributed by atoms with E-state index >= 15 is 0 Å². The van der Waals surface area contributed by atoms with Gasteiger partial charge in [0.25, 0.3) is 5.91 Å². The largest absolute Gasteiger partial charge is 0.481 e. The fourth-order valence-corrected chi connectivity index (χ4v) is 3.64. The summed E-state index contributed by atoms with van der Waals surface area (Å²) in [6.07, 6.45) is 4.28. The molecular weight excluding hydrogens is 385 g/mol. The average molecular weight is 405 g/mol. The van der Waals surface area contributed by atoms with Gasteiger partial charge in [0.1, 0.15) is 5.82 Å². The van der Waals surface area contributed by atoms with Crippen molar-refractivity contribution in [3.05, 3.63) is 65.2 Å². The Bertz CT molecular complexity index is 1130. The smallest absolute Gasteiger partial charge is 0.251 e. The summed E-state index contributed by atoms with van der Waals surface area (Å²) in [6, 6.07) is 10.9. The normalized spacial score (nSPS) is 15.6. The molecule has 0 unspecified atom stereocenters. The second kappa shape index (κ2) is 8.33. The number of carbonyl (C=O) groups is 1. The Labute approximate surface area is 173 Å². The van der Waals surface area contributed by atoms with E-state index in [0.29, 0.717) is 5.88 Å². The fraction of sp³-hybridized carbons (Fsp3) is 0.273. The molecule has 7 nitrogen and oxygen atoms in total. The molecule has 0 fully saturated rings. The van der Waals surface area contributed by atoms with Crippen LogP contribution in [-0.2, 0) is 6.54 Å². The Morgan fingerprint density at radius 3 is 2.97 bits per heavy atom. The molecule has 1 aliphatic rings. The molecule has 1 aromatic carbocycles. The highest BCUT2D eigenvalue weighted by Crippen LogP contribution is 2.29. The number of nitriles is 1. The van der Waals surface area contributed by atoms with Crippen LogP contribution < -0.4 is 10.1 Å². The van der Waals surface area contributed by atoms with Crippen LogP contribution in [0, 0.1) is 17.1 Å². The van der Waals surface area contributed by atoms with Gasteiger partial charge in [-0.25, -0.2) is 9.37 Å². The first-order chi connectivity index (χ1) is 14.6. The van der Waals surface area contributed by atoms with E-state index in [0.717, 1.165) is 54.9 Å². The summed E-state index contributed by atoms with van der Waals surface area (Å²) in [7, 11) is 1.56. The molecule has 0 saturated carbocycles. The zero-order chi connectivity index (χ0) is 21.1. The summed E-state index contributed by atoms with van der Waals surface area (Å²) in [4.78, 5) is 16.9. The van der Waals surface area contributed by atoms with Gasteiger partial charge in [0, 0.05) is 29.9 Å². The number of pyridine rings is 1. The minimum atomic E-state index is -0.612. The monoisotopic (exact) mass is 405 g/mol. The first kappa shape index (κ1) is 19.6. The van der Waals surface area contributed by atoms with Crippen LogP contribution in [0.1, 0.15) is 46.9 Å². The minimum absolute atomic E-state index is 0.111. The first-order valence-electron chi connectivity index (χ1n) is 9.67. The number of benzene rings is 1. The molecule has 0 saturated heterocycles. The highest BCUT2D eigenvalue weighted by molar-refractivity contribution is 5.94. The number of hydrogen-bond donors (Lipinski definition) is 1. The minimum Gasteiger partial charge on any atom is -0.481 e. The van der Waals surface area contributed by atoms with E-state index in [4.69, 9.17) is 15.1 Å². The molecule has 8 heteroatoms. The third-order valence-electron chi connectivity index (χ3n) is 5.11. The number of halogens is 1. The number of methoxy groups -OCH3 is 1. The lowest BCUT2D eigenvalue weighted by Gasteiger charge is -2.17. The van der Waals surface area contributed by atoms with Gasteiger partial charge in [-0.05, 0) is 49.6 Å². The number of aryl methyl sites for hydroxylation is 1. The maximum Gasteiger partial charge on any atom is 0.251 e. The van der Waals surface area contributed by atoms with Crippen LogP contribution in [0.2, 0.25) is 0 Å². The van der Waals surface area contributed by atoms with Gasteiger partial charge in [-0.2, -0.15) is 10.4 Å². The summed E-state index contributed by atoms with van der Waals surface area (Å²) in [5.41, 5.74) is 2.77. The predicted octanol–water partition coefficient (Wildman–Crippen LogP) is 3.62. The zero-order valence-electron chi connectivity index (χ0n) is 16.4. The van der Waals surface area contributed by atoms with Gasteiger partial charge < -0.3 is 10.1 Å². The van der Waals surface area contributed by atoms with Crippen LogP contribution in [0.5, 0.6) is 5.88 Å². The lowest BCUT2D eigenvalue weighted by Crippen LogP contribution is -2.29. The van der Waals surface area contributed by atoms with Gasteiger partial charge >= 0.3 is 0 Å². The molecule has 1 amide bonds. The number of aromatic nitrogens is 3. The van der Waals surface area contributed by atoms with E-state index in [1.807, 2.05) is 29.0 Å². The molecule has 1 N–H and O–H groups in total. The number of ether oxygens (including phenoxy) is 1. The highest BCUT2D eigenvalue weighted by Gasteiger charge is 2.24. The number of nitrogens with zero attached hydrogens (tertiary/aromatic N) is 4. The third-order valence-corrected chi connectivity index (χ3v) is 5.11. The van der Waals surface area contributed by atoms with Gasteiger partial charge in [0.15, 0.2) is 0 Å². The summed E-state index contributed by atoms with van der Waals surface area (Å²) in [6.45, 7) is 0.752. The summed E-state index contributed by atoms with van der Waals surface area (Å²) in [5.74, 6) is -0.531. The van der Waals surface area contributed by atoms with Crippen LogP contribution in [0.3, 0.4) is 0 Å². The van der Waals surface area contributed by atoms with Crippen molar-refractivity contribution in [1.29, 1.82) is 5.26 Å². The van der Waals surface area contributed by atoms with Crippen LogP contribution in [0.25, 0.3) is 11.3 Å². The first-order valence-corrected chi connectivity index (χ1v) is 9.67. The Morgan fingerprint density at radius 2 is 2.17 bits per heavy atom. The molecule has 4 rings (SSSR count). The second-order valence-corrected chi connectivity index (χ2v) is 7.13. The van der Waals surface area contributed by atoms with Gasteiger partial charge in [-0.1, -0.05) is 0 Å².